The van der Waals surface area contributed by atoms with E-state index in [9.17, 15) is 4.21 Å². The van der Waals surface area contributed by atoms with E-state index in [4.69, 9.17) is 4.18 Å². The molecule has 0 N–H and O–H groups in total. The summed E-state index contributed by atoms with van der Waals surface area (Å²) in [5.41, 5.74) is 0. The normalized spacial score (nSPS) is 11.6. The molecule has 0 aliphatic heterocycles. The molecule has 0 amide bonds. The van der Waals surface area contributed by atoms with Gasteiger partial charge in [0.2, 0.25) is 0 Å². The van der Waals surface area contributed by atoms with Gasteiger partial charge in [0.15, 0.2) is 5.75 Å². The van der Waals surface area contributed by atoms with Gasteiger partial charge in [0.1, 0.15) is 12.5 Å². The maximum absolute atomic E-state index is 11.5. The quantitative estimate of drug-likeness (QED) is 0.729. The van der Waals surface area contributed by atoms with Crippen molar-refractivity contribution in [1.82, 2.24) is 0 Å². The molecule has 3 heteroatoms. The van der Waals surface area contributed by atoms with Gasteiger partial charge in [0, 0.05) is 0 Å². The first kappa shape index (κ1) is 10.2. The molecular weight excluding hydrogens is 208 g/mol. The topological polar surface area (TPSA) is 26.3 Å². The molecule has 0 saturated carbocycles. The van der Waals surface area contributed by atoms with Crippen LogP contribution in [0.3, 0.4) is 0 Å². The Morgan fingerprint density at radius 1 is 1.00 bits per heavy atom. The molecule has 0 aliphatic rings. The molecule has 2 rings (SSSR count). The van der Waals surface area contributed by atoms with Crippen molar-refractivity contribution < 1.29 is 8.39 Å². The van der Waals surface area contributed by atoms with Gasteiger partial charge in [-0.2, -0.15) is 0 Å². The summed E-state index contributed by atoms with van der Waals surface area (Å²) in [4.78, 5) is 0. The lowest BCUT2D eigenvalue weighted by molar-refractivity contribution is 0.511. The lowest BCUT2D eigenvalue weighted by Gasteiger charge is -2.04. The zero-order valence-electron chi connectivity index (χ0n) is 8.77. The van der Waals surface area contributed by atoms with Gasteiger partial charge < -0.3 is 0 Å². The van der Waals surface area contributed by atoms with Crippen molar-refractivity contribution in [2.45, 2.75) is 0 Å². The van der Waals surface area contributed by atoms with Gasteiger partial charge in [-0.05, 0) is 22.9 Å². The smallest absolute Gasteiger partial charge is 0.253 e. The molecule has 0 saturated heterocycles. The molecule has 78 valence electrons. The van der Waals surface area contributed by atoms with Crippen molar-refractivity contribution in [2.75, 3.05) is 12.5 Å². The maximum atomic E-state index is 11.5. The van der Waals surface area contributed by atoms with E-state index in [1.807, 2.05) is 42.5 Å². The van der Waals surface area contributed by atoms with E-state index in [-0.39, 0.29) is 0 Å². The van der Waals surface area contributed by atoms with E-state index in [0.717, 1.165) is 10.8 Å². The zero-order chi connectivity index (χ0) is 10.9. The lowest BCUT2D eigenvalue weighted by atomic mass is 10.1. The van der Waals surface area contributed by atoms with E-state index < -0.39 is 10.2 Å². The summed E-state index contributed by atoms with van der Waals surface area (Å²) >= 11 is 0. The van der Waals surface area contributed by atoms with Crippen LogP contribution in [-0.2, 0) is 14.4 Å². The second-order valence-electron chi connectivity index (χ2n) is 3.74. The van der Waals surface area contributed by atoms with Crippen molar-refractivity contribution in [1.29, 1.82) is 0 Å². The first-order valence-corrected chi connectivity index (χ1v) is 6.97. The standard InChI is InChI=1S/C12H13O2S/c1-15(2,13)14-12-8-7-10-5-3-4-6-11(10)9-12/h3-9H,1-2H3/q+1. The average Bonchev–Trinajstić information content (AvgIpc) is 2.15. The Morgan fingerprint density at radius 2 is 1.67 bits per heavy atom. The number of rotatable bonds is 2. The largest absolute Gasteiger partial charge is 0.287 e. The minimum atomic E-state index is -2.20. The van der Waals surface area contributed by atoms with Crippen molar-refractivity contribution in [3.8, 4) is 5.75 Å². The van der Waals surface area contributed by atoms with Crippen LogP contribution in [0.4, 0.5) is 0 Å². The fourth-order valence-corrected chi connectivity index (χ4v) is 2.02. The minimum Gasteiger partial charge on any atom is -0.287 e. The third-order valence-corrected chi connectivity index (χ3v) is 2.61. The van der Waals surface area contributed by atoms with Gasteiger partial charge in [-0.3, -0.25) is 4.18 Å². The summed E-state index contributed by atoms with van der Waals surface area (Å²) in [7, 11) is -2.20. The Labute approximate surface area is 90.5 Å². The third-order valence-electron chi connectivity index (χ3n) is 2.02. The SMILES string of the molecule is C[S+](C)(=O)Oc1ccc2ccccc2c1. The summed E-state index contributed by atoms with van der Waals surface area (Å²) < 4.78 is 16.8. The van der Waals surface area contributed by atoms with Crippen molar-refractivity contribution in [3.05, 3.63) is 42.5 Å². The molecule has 0 aromatic heterocycles. The van der Waals surface area contributed by atoms with Crippen LogP contribution in [0, 0.1) is 0 Å². The van der Waals surface area contributed by atoms with E-state index >= 15 is 0 Å². The minimum absolute atomic E-state index is 0.656. The molecule has 0 heterocycles. The molecule has 0 unspecified atom stereocenters. The molecule has 0 radical (unpaired) electrons. The van der Waals surface area contributed by atoms with Crippen LogP contribution in [0.25, 0.3) is 10.8 Å². The first-order valence-electron chi connectivity index (χ1n) is 4.67. The van der Waals surface area contributed by atoms with Crippen molar-refractivity contribution in [3.63, 3.8) is 0 Å². The molecular formula is C12H13O2S+. The fourth-order valence-electron chi connectivity index (χ4n) is 1.45. The average molecular weight is 221 g/mol. The highest BCUT2D eigenvalue weighted by Gasteiger charge is 2.14. The van der Waals surface area contributed by atoms with Gasteiger partial charge in [0.25, 0.3) is 10.2 Å². The summed E-state index contributed by atoms with van der Waals surface area (Å²) in [6, 6.07) is 13.7. The van der Waals surface area contributed by atoms with Crippen molar-refractivity contribution in [2.24, 2.45) is 0 Å². The Kier molecular flexibility index (Phi) is 2.49. The number of hydrogen-bond acceptors (Lipinski definition) is 2. The van der Waals surface area contributed by atoms with Gasteiger partial charge in [-0.1, -0.05) is 34.5 Å². The summed E-state index contributed by atoms with van der Waals surface area (Å²) in [5, 5.41) is 2.25. The summed E-state index contributed by atoms with van der Waals surface area (Å²) in [5.74, 6) is 0.656. The van der Waals surface area contributed by atoms with E-state index in [1.165, 1.54) is 0 Å². The lowest BCUT2D eigenvalue weighted by Crippen LogP contribution is -2.13. The van der Waals surface area contributed by atoms with Crippen LogP contribution < -0.4 is 4.18 Å². The van der Waals surface area contributed by atoms with E-state index in [1.54, 1.807) is 12.5 Å². The number of hydrogen-bond donors (Lipinski definition) is 0. The van der Waals surface area contributed by atoms with Crippen LogP contribution in [0.15, 0.2) is 42.5 Å². The number of benzene rings is 2. The maximum Gasteiger partial charge on any atom is 0.253 e. The van der Waals surface area contributed by atoms with E-state index in [2.05, 4.69) is 0 Å². The van der Waals surface area contributed by atoms with Gasteiger partial charge in [-0.15, -0.1) is 0 Å². The molecule has 0 spiro atoms. The second-order valence-corrected chi connectivity index (χ2v) is 6.19. The van der Waals surface area contributed by atoms with Gasteiger partial charge in [-0.25, -0.2) is 0 Å². The number of fused-ring (bicyclic) bond motifs is 1. The van der Waals surface area contributed by atoms with Crippen LogP contribution in [0.2, 0.25) is 0 Å². The molecule has 0 fully saturated rings. The Balaban J connectivity index is 2.43. The van der Waals surface area contributed by atoms with Crippen LogP contribution >= 0.6 is 0 Å². The van der Waals surface area contributed by atoms with E-state index in [0.29, 0.717) is 5.75 Å². The summed E-state index contributed by atoms with van der Waals surface area (Å²) in [6.07, 6.45) is 3.17. The van der Waals surface area contributed by atoms with Crippen molar-refractivity contribution >= 4 is 21.0 Å². The molecule has 2 aromatic rings. The molecule has 2 nitrogen and oxygen atoms in total. The molecule has 0 aliphatic carbocycles. The van der Waals surface area contributed by atoms with Crippen LogP contribution in [-0.4, -0.2) is 12.5 Å². The predicted octanol–water partition coefficient (Wildman–Crippen LogP) is 2.89. The van der Waals surface area contributed by atoms with Gasteiger partial charge >= 0.3 is 0 Å². The molecule has 0 bridgehead atoms. The summed E-state index contributed by atoms with van der Waals surface area (Å²) in [6.45, 7) is 0. The fraction of sp³-hybridized carbons (Fsp3) is 0.167. The first-order chi connectivity index (χ1) is 7.04. The highest BCUT2D eigenvalue weighted by molar-refractivity contribution is 7.97. The zero-order valence-corrected chi connectivity index (χ0v) is 9.58. The Bertz CT molecular complexity index is 528. The van der Waals surface area contributed by atoms with Gasteiger partial charge in [0.05, 0.1) is 0 Å². The third kappa shape index (κ3) is 2.57. The Morgan fingerprint density at radius 3 is 2.33 bits per heavy atom. The van der Waals surface area contributed by atoms with Crippen LogP contribution in [0.1, 0.15) is 0 Å². The molecule has 0 atom stereocenters. The Hall–Kier alpha value is -1.35. The molecule has 15 heavy (non-hydrogen) atoms. The monoisotopic (exact) mass is 221 g/mol. The van der Waals surface area contributed by atoms with Crippen LogP contribution in [0.5, 0.6) is 5.75 Å². The molecule has 2 aromatic carbocycles. The highest BCUT2D eigenvalue weighted by Crippen LogP contribution is 2.22. The predicted molar refractivity (Wildman–Crippen MR) is 64.5 cm³/mol. The second kappa shape index (κ2) is 3.66. The highest BCUT2D eigenvalue weighted by atomic mass is 32.3.